The molecule has 0 bridgehead atoms. The summed E-state index contributed by atoms with van der Waals surface area (Å²) in [5, 5.41) is 9.79. The van der Waals surface area contributed by atoms with E-state index in [-0.39, 0.29) is 0 Å². The number of ether oxygens (including phenoxy) is 1. The van der Waals surface area contributed by atoms with Gasteiger partial charge in [0.05, 0.1) is 18.1 Å². The highest BCUT2D eigenvalue weighted by Gasteiger charge is 2.31. The van der Waals surface area contributed by atoms with Crippen LogP contribution in [0.2, 0.25) is 0 Å². The quantitative estimate of drug-likeness (QED) is 0.595. The molecule has 23 heavy (non-hydrogen) atoms. The second-order valence-corrected chi connectivity index (χ2v) is 6.93. The SMILES string of the molecule is CCCC(C#N)(CCOc1ccc(SBr)cc1)c1cccnc1. The lowest BCUT2D eigenvalue weighted by Crippen LogP contribution is -2.27. The van der Waals surface area contributed by atoms with Crippen molar-refractivity contribution in [1.29, 1.82) is 5.26 Å². The average molecular weight is 391 g/mol. The zero-order chi connectivity index (χ0) is 16.5. The van der Waals surface area contributed by atoms with E-state index in [9.17, 15) is 5.26 Å². The predicted octanol–water partition coefficient (Wildman–Crippen LogP) is 5.51. The number of halogens is 1. The zero-order valence-corrected chi connectivity index (χ0v) is 15.4. The van der Waals surface area contributed by atoms with E-state index in [1.807, 2.05) is 36.4 Å². The van der Waals surface area contributed by atoms with Crippen molar-refractivity contribution >= 4 is 25.0 Å². The van der Waals surface area contributed by atoms with E-state index < -0.39 is 5.41 Å². The van der Waals surface area contributed by atoms with Crippen LogP contribution in [0.4, 0.5) is 0 Å². The van der Waals surface area contributed by atoms with Crippen molar-refractivity contribution in [2.45, 2.75) is 36.5 Å². The summed E-state index contributed by atoms with van der Waals surface area (Å²) in [6.07, 6.45) is 5.92. The topological polar surface area (TPSA) is 45.9 Å². The Balaban J connectivity index is 2.05. The maximum Gasteiger partial charge on any atom is 0.119 e. The number of aromatic nitrogens is 1. The van der Waals surface area contributed by atoms with Crippen molar-refractivity contribution in [1.82, 2.24) is 4.98 Å². The summed E-state index contributed by atoms with van der Waals surface area (Å²) in [5.74, 6) is 0.824. The van der Waals surface area contributed by atoms with Crippen LogP contribution in [0.3, 0.4) is 0 Å². The smallest absolute Gasteiger partial charge is 0.119 e. The Labute approximate surface area is 149 Å². The lowest BCUT2D eigenvalue weighted by molar-refractivity contribution is 0.272. The van der Waals surface area contributed by atoms with Crippen molar-refractivity contribution in [3.63, 3.8) is 0 Å². The molecule has 0 amide bonds. The van der Waals surface area contributed by atoms with Gasteiger partial charge in [-0.25, -0.2) is 0 Å². The van der Waals surface area contributed by atoms with Crippen LogP contribution in [0.25, 0.3) is 0 Å². The van der Waals surface area contributed by atoms with E-state index in [0.717, 1.165) is 29.1 Å². The van der Waals surface area contributed by atoms with Gasteiger partial charge in [0.1, 0.15) is 5.75 Å². The Morgan fingerprint density at radius 2 is 2.04 bits per heavy atom. The first-order chi connectivity index (χ1) is 11.2. The summed E-state index contributed by atoms with van der Waals surface area (Å²) in [5.41, 5.74) is 0.438. The van der Waals surface area contributed by atoms with E-state index in [2.05, 4.69) is 32.8 Å². The first-order valence-electron chi connectivity index (χ1n) is 7.57. The first-order valence-corrected chi connectivity index (χ1v) is 10.2. The number of hydrogen-bond acceptors (Lipinski definition) is 4. The van der Waals surface area contributed by atoms with Crippen LogP contribution in [0.5, 0.6) is 5.75 Å². The van der Waals surface area contributed by atoms with Gasteiger partial charge in [0.15, 0.2) is 0 Å². The Bertz CT molecular complexity index is 642. The highest BCUT2D eigenvalue weighted by Crippen LogP contribution is 2.32. The summed E-state index contributed by atoms with van der Waals surface area (Å²) in [6.45, 7) is 2.60. The maximum absolute atomic E-state index is 9.79. The molecule has 2 rings (SSSR count). The number of benzene rings is 1. The maximum atomic E-state index is 9.79. The number of hydrogen-bond donors (Lipinski definition) is 0. The van der Waals surface area contributed by atoms with Crippen LogP contribution in [0.15, 0.2) is 53.7 Å². The van der Waals surface area contributed by atoms with Gasteiger partial charge in [0.2, 0.25) is 0 Å². The van der Waals surface area contributed by atoms with Crippen molar-refractivity contribution in [2.75, 3.05) is 6.61 Å². The molecule has 120 valence electrons. The fourth-order valence-corrected chi connectivity index (χ4v) is 3.48. The molecular weight excluding hydrogens is 372 g/mol. The summed E-state index contributed by atoms with van der Waals surface area (Å²) in [4.78, 5) is 5.30. The summed E-state index contributed by atoms with van der Waals surface area (Å²) < 4.78 is 5.83. The number of nitrogens with zero attached hydrogens (tertiary/aromatic N) is 2. The second kappa shape index (κ2) is 8.95. The highest BCUT2D eigenvalue weighted by molar-refractivity contribution is 9.50. The molecule has 1 aromatic carbocycles. The van der Waals surface area contributed by atoms with Gasteiger partial charge in [-0.1, -0.05) is 19.4 Å². The zero-order valence-electron chi connectivity index (χ0n) is 13.0. The average Bonchev–Trinajstić information content (AvgIpc) is 2.62. The Hall–Kier alpha value is -1.51. The molecule has 3 nitrogen and oxygen atoms in total. The van der Waals surface area contributed by atoms with Gasteiger partial charge < -0.3 is 4.74 Å². The Morgan fingerprint density at radius 1 is 1.26 bits per heavy atom. The standard InChI is InChI=1S/C18H19BrN2OS/c1-2-9-18(14-20,15-4-3-11-21-13-15)10-12-22-16-5-7-17(23-19)8-6-16/h3-8,11,13H,2,9-10,12H2,1H3. The molecule has 1 heterocycles. The highest BCUT2D eigenvalue weighted by atomic mass is 79.9. The van der Waals surface area contributed by atoms with Crippen LogP contribution in [0.1, 0.15) is 31.7 Å². The van der Waals surface area contributed by atoms with Crippen LogP contribution < -0.4 is 4.74 Å². The minimum absolute atomic E-state index is 0.503. The molecule has 0 aliphatic heterocycles. The normalized spacial score (nSPS) is 13.1. The molecule has 0 spiro atoms. The van der Waals surface area contributed by atoms with E-state index in [4.69, 9.17) is 4.74 Å². The van der Waals surface area contributed by atoms with Crippen LogP contribution in [-0.2, 0) is 5.41 Å². The number of pyridine rings is 1. The lowest BCUT2D eigenvalue weighted by Gasteiger charge is -2.26. The Kier molecular flexibility index (Phi) is 6.94. The van der Waals surface area contributed by atoms with Crippen molar-refractivity contribution in [3.8, 4) is 11.8 Å². The first kappa shape index (κ1) is 17.8. The molecule has 0 fully saturated rings. The number of rotatable bonds is 8. The van der Waals surface area contributed by atoms with E-state index >= 15 is 0 Å². The fourth-order valence-electron chi connectivity index (χ4n) is 2.59. The summed E-state index contributed by atoms with van der Waals surface area (Å²) >= 11 is 3.35. The van der Waals surface area contributed by atoms with Gasteiger partial charge in [0.25, 0.3) is 0 Å². The molecule has 2 aromatic rings. The molecule has 1 aromatic heterocycles. The second-order valence-electron chi connectivity index (χ2n) is 5.33. The Morgan fingerprint density at radius 3 is 2.61 bits per heavy atom. The predicted molar refractivity (Wildman–Crippen MR) is 97.8 cm³/mol. The third kappa shape index (κ3) is 4.73. The fraction of sp³-hybridized carbons (Fsp3) is 0.333. The van der Waals surface area contributed by atoms with Crippen molar-refractivity contribution in [3.05, 3.63) is 54.4 Å². The minimum Gasteiger partial charge on any atom is -0.494 e. The van der Waals surface area contributed by atoms with Crippen molar-refractivity contribution in [2.24, 2.45) is 0 Å². The van der Waals surface area contributed by atoms with Gasteiger partial charge in [0, 0.05) is 23.7 Å². The summed E-state index contributed by atoms with van der Waals surface area (Å²) in [6, 6.07) is 14.3. The van der Waals surface area contributed by atoms with Gasteiger partial charge >= 0.3 is 0 Å². The van der Waals surface area contributed by atoms with Gasteiger partial charge in [-0.2, -0.15) is 5.26 Å². The van der Waals surface area contributed by atoms with Gasteiger partial charge in [-0.15, -0.1) is 0 Å². The van der Waals surface area contributed by atoms with E-state index in [0.29, 0.717) is 13.0 Å². The van der Waals surface area contributed by atoms with Crippen LogP contribution >= 0.6 is 25.0 Å². The molecule has 5 heteroatoms. The summed E-state index contributed by atoms with van der Waals surface area (Å²) in [7, 11) is 1.52. The lowest BCUT2D eigenvalue weighted by atomic mass is 9.76. The molecule has 0 radical (unpaired) electrons. The number of nitriles is 1. The molecule has 1 unspecified atom stereocenters. The van der Waals surface area contributed by atoms with E-state index in [1.165, 1.54) is 10.2 Å². The molecule has 0 aliphatic carbocycles. The molecule has 0 saturated heterocycles. The van der Waals surface area contributed by atoms with E-state index in [1.54, 1.807) is 12.4 Å². The molecule has 0 saturated carbocycles. The van der Waals surface area contributed by atoms with Crippen LogP contribution in [0, 0.1) is 11.3 Å². The molecule has 1 atom stereocenters. The monoisotopic (exact) mass is 390 g/mol. The molecular formula is C18H19BrN2OS. The van der Waals surface area contributed by atoms with Crippen molar-refractivity contribution < 1.29 is 4.74 Å². The minimum atomic E-state index is -0.533. The largest absolute Gasteiger partial charge is 0.494 e. The molecule has 0 aliphatic rings. The van der Waals surface area contributed by atoms with Gasteiger partial charge in [-0.3, -0.25) is 4.98 Å². The van der Waals surface area contributed by atoms with Crippen LogP contribution in [-0.4, -0.2) is 11.6 Å². The van der Waals surface area contributed by atoms with Gasteiger partial charge in [-0.05, 0) is 67.3 Å². The third-order valence-corrected chi connectivity index (χ3v) is 5.39. The third-order valence-electron chi connectivity index (χ3n) is 3.82. The molecule has 0 N–H and O–H groups in total.